The molecule has 1 rings (SSSR count). The van der Waals surface area contributed by atoms with E-state index in [1.165, 1.54) is 0 Å². The average Bonchev–Trinajstić information content (AvgIpc) is 2.30. The van der Waals surface area contributed by atoms with Gasteiger partial charge < -0.3 is 14.6 Å². The van der Waals surface area contributed by atoms with Gasteiger partial charge >= 0.3 is 0 Å². The maximum absolute atomic E-state index is 8.80. The molecule has 0 bridgehead atoms. The predicted molar refractivity (Wildman–Crippen MR) is 58.7 cm³/mol. The number of nitrogens with zero attached hydrogens (tertiary/aromatic N) is 1. The van der Waals surface area contributed by atoms with E-state index in [1.54, 1.807) is 0 Å². The fourth-order valence-corrected chi connectivity index (χ4v) is 1.84. The highest BCUT2D eigenvalue weighted by Crippen LogP contribution is 2.17. The Morgan fingerprint density at radius 1 is 1.40 bits per heavy atom. The van der Waals surface area contributed by atoms with Gasteiger partial charge in [0.15, 0.2) is 0 Å². The van der Waals surface area contributed by atoms with Gasteiger partial charge in [0.1, 0.15) is 6.23 Å². The molecule has 1 aliphatic heterocycles. The summed E-state index contributed by atoms with van der Waals surface area (Å²) < 4.78 is 11.0. The van der Waals surface area contributed by atoms with Crippen molar-refractivity contribution in [2.24, 2.45) is 5.92 Å². The Morgan fingerprint density at radius 3 is 2.60 bits per heavy atom. The number of rotatable bonds is 6. The molecule has 4 heteroatoms. The molecule has 90 valence electrons. The van der Waals surface area contributed by atoms with Crippen molar-refractivity contribution >= 4 is 0 Å². The van der Waals surface area contributed by atoms with Crippen molar-refractivity contribution in [1.82, 2.24) is 4.90 Å². The molecule has 0 aromatic heterocycles. The van der Waals surface area contributed by atoms with Crippen LogP contribution in [0.3, 0.4) is 0 Å². The Kier molecular flexibility index (Phi) is 6.17. The van der Waals surface area contributed by atoms with Crippen LogP contribution < -0.4 is 0 Å². The van der Waals surface area contributed by atoms with E-state index >= 15 is 0 Å². The van der Waals surface area contributed by atoms with Gasteiger partial charge in [-0.2, -0.15) is 0 Å². The number of morpholine rings is 1. The summed E-state index contributed by atoms with van der Waals surface area (Å²) >= 11 is 0. The summed E-state index contributed by atoms with van der Waals surface area (Å²) in [5, 5.41) is 8.80. The molecule has 4 nitrogen and oxygen atoms in total. The van der Waals surface area contributed by atoms with Crippen molar-refractivity contribution in [3.63, 3.8) is 0 Å². The predicted octanol–water partition coefficient (Wildman–Crippen LogP) is 0.700. The molecule has 0 aromatic rings. The molecule has 1 saturated heterocycles. The topological polar surface area (TPSA) is 41.9 Å². The van der Waals surface area contributed by atoms with Gasteiger partial charge in [-0.1, -0.05) is 13.8 Å². The van der Waals surface area contributed by atoms with Crippen molar-refractivity contribution in [2.45, 2.75) is 26.5 Å². The first-order valence-electron chi connectivity index (χ1n) is 5.83. The maximum Gasteiger partial charge on any atom is 0.113 e. The van der Waals surface area contributed by atoms with Crippen molar-refractivity contribution < 1.29 is 14.6 Å². The van der Waals surface area contributed by atoms with Crippen molar-refractivity contribution in [2.75, 3.05) is 39.5 Å². The second-order valence-corrected chi connectivity index (χ2v) is 4.02. The zero-order chi connectivity index (χ0) is 11.1. The summed E-state index contributed by atoms with van der Waals surface area (Å²) in [4.78, 5) is 2.31. The zero-order valence-corrected chi connectivity index (χ0v) is 9.82. The van der Waals surface area contributed by atoms with Crippen LogP contribution in [-0.2, 0) is 9.47 Å². The minimum atomic E-state index is 0.0945. The molecule has 1 heterocycles. The van der Waals surface area contributed by atoms with Crippen LogP contribution in [0.5, 0.6) is 0 Å². The lowest BCUT2D eigenvalue weighted by Crippen LogP contribution is -2.48. The second-order valence-electron chi connectivity index (χ2n) is 4.02. The van der Waals surface area contributed by atoms with E-state index in [1.807, 2.05) is 0 Å². The number of hydrogen-bond acceptors (Lipinski definition) is 4. The van der Waals surface area contributed by atoms with Gasteiger partial charge in [-0.25, -0.2) is 0 Å². The van der Waals surface area contributed by atoms with E-state index in [4.69, 9.17) is 14.6 Å². The molecular weight excluding hydrogens is 194 g/mol. The van der Waals surface area contributed by atoms with E-state index in [9.17, 15) is 0 Å². The summed E-state index contributed by atoms with van der Waals surface area (Å²) in [6.45, 7) is 8.31. The van der Waals surface area contributed by atoms with E-state index in [0.717, 1.165) is 32.7 Å². The Bertz CT molecular complexity index is 160. The highest BCUT2D eigenvalue weighted by molar-refractivity contribution is 4.71. The molecule has 1 N–H and O–H groups in total. The molecule has 0 saturated carbocycles. The van der Waals surface area contributed by atoms with Crippen molar-refractivity contribution in [3.05, 3.63) is 0 Å². The Balaban J connectivity index is 2.45. The third kappa shape index (κ3) is 4.07. The first kappa shape index (κ1) is 12.9. The Morgan fingerprint density at radius 2 is 2.07 bits per heavy atom. The van der Waals surface area contributed by atoms with Gasteiger partial charge in [-0.15, -0.1) is 0 Å². The van der Waals surface area contributed by atoms with Gasteiger partial charge in [0.2, 0.25) is 0 Å². The molecule has 2 atom stereocenters. The minimum Gasteiger partial charge on any atom is -0.394 e. The SMILES string of the molecule is CCC(C)C(OCCO)N1CCOCC1. The number of aliphatic hydroxyl groups is 1. The third-order valence-electron chi connectivity index (χ3n) is 2.92. The summed E-state index contributed by atoms with van der Waals surface area (Å²) in [6, 6.07) is 0. The van der Waals surface area contributed by atoms with Crippen LogP contribution in [0.25, 0.3) is 0 Å². The molecule has 0 radical (unpaired) electrons. The molecule has 0 aliphatic carbocycles. The highest BCUT2D eigenvalue weighted by Gasteiger charge is 2.25. The summed E-state index contributed by atoms with van der Waals surface area (Å²) in [7, 11) is 0. The lowest BCUT2D eigenvalue weighted by Gasteiger charge is -2.37. The van der Waals surface area contributed by atoms with E-state index in [0.29, 0.717) is 12.5 Å². The quantitative estimate of drug-likeness (QED) is 0.711. The van der Waals surface area contributed by atoms with Crippen molar-refractivity contribution in [1.29, 1.82) is 0 Å². The molecule has 1 aliphatic rings. The monoisotopic (exact) mass is 217 g/mol. The largest absolute Gasteiger partial charge is 0.394 e. The number of aliphatic hydroxyl groups excluding tert-OH is 1. The van der Waals surface area contributed by atoms with Crippen LogP contribution in [0, 0.1) is 5.92 Å². The van der Waals surface area contributed by atoms with Gasteiger partial charge in [0.05, 0.1) is 26.4 Å². The van der Waals surface area contributed by atoms with Crippen LogP contribution in [0.4, 0.5) is 0 Å². The molecule has 1 fully saturated rings. The minimum absolute atomic E-state index is 0.0945. The summed E-state index contributed by atoms with van der Waals surface area (Å²) in [6.07, 6.45) is 1.22. The summed E-state index contributed by atoms with van der Waals surface area (Å²) in [5.74, 6) is 0.495. The van der Waals surface area contributed by atoms with Crippen LogP contribution in [0.15, 0.2) is 0 Å². The first-order chi connectivity index (χ1) is 7.29. The molecule has 0 spiro atoms. The smallest absolute Gasteiger partial charge is 0.113 e. The average molecular weight is 217 g/mol. The lowest BCUT2D eigenvalue weighted by molar-refractivity contribution is -0.125. The lowest BCUT2D eigenvalue weighted by atomic mass is 10.1. The maximum atomic E-state index is 8.80. The number of hydrogen-bond donors (Lipinski definition) is 1. The van der Waals surface area contributed by atoms with Gasteiger partial charge in [0, 0.05) is 13.1 Å². The van der Waals surface area contributed by atoms with Crippen LogP contribution in [0.2, 0.25) is 0 Å². The van der Waals surface area contributed by atoms with E-state index in [2.05, 4.69) is 18.7 Å². The third-order valence-corrected chi connectivity index (χ3v) is 2.92. The fraction of sp³-hybridized carbons (Fsp3) is 1.00. The molecule has 2 unspecified atom stereocenters. The van der Waals surface area contributed by atoms with Gasteiger partial charge in [0.25, 0.3) is 0 Å². The van der Waals surface area contributed by atoms with Crippen LogP contribution >= 0.6 is 0 Å². The Labute approximate surface area is 92.2 Å². The van der Waals surface area contributed by atoms with Crippen molar-refractivity contribution in [3.8, 4) is 0 Å². The number of ether oxygens (including phenoxy) is 2. The van der Waals surface area contributed by atoms with Gasteiger partial charge in [-0.3, -0.25) is 4.90 Å². The normalized spacial score (nSPS) is 22.6. The van der Waals surface area contributed by atoms with Crippen LogP contribution in [-0.4, -0.2) is 55.8 Å². The van der Waals surface area contributed by atoms with Crippen LogP contribution in [0.1, 0.15) is 20.3 Å². The van der Waals surface area contributed by atoms with Gasteiger partial charge in [-0.05, 0) is 12.3 Å². The Hall–Kier alpha value is -0.160. The second kappa shape index (κ2) is 7.17. The van der Waals surface area contributed by atoms with E-state index < -0.39 is 0 Å². The molecule has 15 heavy (non-hydrogen) atoms. The zero-order valence-electron chi connectivity index (χ0n) is 9.82. The first-order valence-corrected chi connectivity index (χ1v) is 5.83. The van der Waals surface area contributed by atoms with E-state index in [-0.39, 0.29) is 12.8 Å². The molecular formula is C11H23NO3. The fourth-order valence-electron chi connectivity index (χ4n) is 1.84. The summed E-state index contributed by atoms with van der Waals surface area (Å²) in [5.41, 5.74) is 0. The molecule has 0 aromatic carbocycles. The molecule has 0 amide bonds. The highest BCUT2D eigenvalue weighted by atomic mass is 16.5. The standard InChI is InChI=1S/C11H23NO3/c1-3-10(2)11(15-9-6-13)12-4-7-14-8-5-12/h10-11,13H,3-9H2,1-2H3.